The highest BCUT2D eigenvalue weighted by Crippen LogP contribution is 2.16. The Morgan fingerprint density at radius 1 is 1.29 bits per heavy atom. The fourth-order valence-electron chi connectivity index (χ4n) is 1.78. The molecule has 1 N–H and O–H groups in total. The second-order valence-corrected chi connectivity index (χ2v) is 3.93. The number of nitrogens with zero attached hydrogens (tertiary/aromatic N) is 3. The van der Waals surface area contributed by atoms with Crippen molar-refractivity contribution in [2.24, 2.45) is 0 Å². The molecule has 2 heterocycles. The van der Waals surface area contributed by atoms with Gasteiger partial charge in [0.15, 0.2) is 0 Å². The molecule has 0 aliphatic heterocycles. The van der Waals surface area contributed by atoms with Gasteiger partial charge in [-0.05, 0) is 18.6 Å². The minimum Gasteiger partial charge on any atom is -0.387 e. The van der Waals surface area contributed by atoms with Crippen molar-refractivity contribution >= 4 is 0 Å². The molecule has 0 saturated carbocycles. The summed E-state index contributed by atoms with van der Waals surface area (Å²) in [5, 5.41) is 9.67. The van der Waals surface area contributed by atoms with Crippen LogP contribution in [0.2, 0.25) is 0 Å². The van der Waals surface area contributed by atoms with Gasteiger partial charge in [0.25, 0.3) is 0 Å². The van der Waals surface area contributed by atoms with Gasteiger partial charge in [0, 0.05) is 18.8 Å². The fourth-order valence-corrected chi connectivity index (χ4v) is 1.78. The van der Waals surface area contributed by atoms with Crippen molar-refractivity contribution in [1.82, 2.24) is 14.5 Å². The molecule has 1 atom stereocenters. The number of aliphatic hydroxyl groups is 1. The van der Waals surface area contributed by atoms with Crippen LogP contribution in [0.5, 0.6) is 0 Å². The normalized spacial score (nSPS) is 12.6. The largest absolute Gasteiger partial charge is 0.387 e. The molecule has 0 spiro atoms. The third-order valence-electron chi connectivity index (χ3n) is 2.81. The molecule has 0 bridgehead atoms. The summed E-state index contributed by atoms with van der Waals surface area (Å²) in [6.07, 6.45) is 6.57. The van der Waals surface area contributed by atoms with Crippen LogP contribution in [0.3, 0.4) is 0 Å². The molecule has 17 heavy (non-hydrogen) atoms. The molecule has 2 rings (SSSR count). The molecule has 0 aromatic carbocycles. The van der Waals surface area contributed by atoms with Crippen molar-refractivity contribution < 1.29 is 5.11 Å². The topological polar surface area (TPSA) is 50.9 Å². The first kappa shape index (κ1) is 11.8. The summed E-state index contributed by atoms with van der Waals surface area (Å²) in [4.78, 5) is 8.55. The molecule has 4 nitrogen and oxygen atoms in total. The van der Waals surface area contributed by atoms with Crippen molar-refractivity contribution in [1.29, 1.82) is 0 Å². The lowest BCUT2D eigenvalue weighted by atomic mass is 10.2. The Kier molecular flexibility index (Phi) is 3.54. The number of imidazole rings is 1. The van der Waals surface area contributed by atoms with Gasteiger partial charge >= 0.3 is 0 Å². The Hall–Kier alpha value is -1.68. The number of aryl methyl sites for hydroxylation is 1. The molecule has 0 radical (unpaired) electrons. The molecular weight excluding hydrogens is 214 g/mol. The third kappa shape index (κ3) is 2.36. The molecular formula is C13H17N3O. The zero-order valence-electron chi connectivity index (χ0n) is 10.2. The Morgan fingerprint density at radius 3 is 2.71 bits per heavy atom. The monoisotopic (exact) mass is 231 g/mol. The van der Waals surface area contributed by atoms with Crippen LogP contribution in [0.1, 0.15) is 37.9 Å². The van der Waals surface area contributed by atoms with Crippen molar-refractivity contribution in [3.05, 3.63) is 42.2 Å². The zero-order chi connectivity index (χ0) is 12.3. The molecule has 0 unspecified atom stereocenters. The zero-order valence-corrected chi connectivity index (χ0v) is 10.2. The highest BCUT2D eigenvalue weighted by atomic mass is 16.3. The van der Waals surface area contributed by atoms with E-state index in [0.717, 1.165) is 23.6 Å². The van der Waals surface area contributed by atoms with E-state index in [4.69, 9.17) is 0 Å². The van der Waals surface area contributed by atoms with E-state index in [1.54, 1.807) is 12.4 Å². The molecule has 0 fully saturated rings. The van der Waals surface area contributed by atoms with Crippen LogP contribution in [0.25, 0.3) is 5.69 Å². The van der Waals surface area contributed by atoms with Crippen LogP contribution in [-0.2, 0) is 6.42 Å². The molecule has 4 heteroatoms. The van der Waals surface area contributed by atoms with Crippen molar-refractivity contribution in [3.8, 4) is 5.69 Å². The van der Waals surface area contributed by atoms with E-state index in [1.807, 2.05) is 29.8 Å². The SMILES string of the molecule is CCc1nccn1-c1ccc([C@H](O)CC)nc1. The maximum atomic E-state index is 9.67. The smallest absolute Gasteiger partial charge is 0.112 e. The molecule has 2 aromatic heterocycles. The van der Waals surface area contributed by atoms with E-state index in [9.17, 15) is 5.11 Å². The maximum absolute atomic E-state index is 9.67. The van der Waals surface area contributed by atoms with Crippen molar-refractivity contribution in [2.75, 3.05) is 0 Å². The average Bonchev–Trinajstić information content (AvgIpc) is 2.86. The molecule has 90 valence electrons. The van der Waals surface area contributed by atoms with E-state index >= 15 is 0 Å². The number of aromatic nitrogens is 3. The van der Waals surface area contributed by atoms with Crippen LogP contribution >= 0.6 is 0 Å². The van der Waals surface area contributed by atoms with Crippen LogP contribution < -0.4 is 0 Å². The van der Waals surface area contributed by atoms with Gasteiger partial charge in [-0.2, -0.15) is 0 Å². The van der Waals surface area contributed by atoms with Crippen LogP contribution in [-0.4, -0.2) is 19.6 Å². The highest BCUT2D eigenvalue weighted by molar-refractivity contribution is 5.31. The molecule has 2 aromatic rings. The first-order chi connectivity index (χ1) is 8.26. The highest BCUT2D eigenvalue weighted by Gasteiger charge is 2.07. The Morgan fingerprint density at radius 2 is 2.12 bits per heavy atom. The van der Waals surface area contributed by atoms with Crippen LogP contribution in [0.15, 0.2) is 30.7 Å². The lowest BCUT2D eigenvalue weighted by molar-refractivity contribution is 0.169. The van der Waals surface area contributed by atoms with Crippen LogP contribution in [0.4, 0.5) is 0 Å². The Bertz CT molecular complexity index is 476. The number of pyridine rings is 1. The van der Waals surface area contributed by atoms with Crippen molar-refractivity contribution in [3.63, 3.8) is 0 Å². The second-order valence-electron chi connectivity index (χ2n) is 3.93. The molecule has 0 aliphatic carbocycles. The average molecular weight is 231 g/mol. The summed E-state index contributed by atoms with van der Waals surface area (Å²) in [6.45, 7) is 4.01. The van der Waals surface area contributed by atoms with Gasteiger partial charge in [-0.25, -0.2) is 4.98 Å². The lowest BCUT2D eigenvalue weighted by Gasteiger charge is -2.09. The first-order valence-corrected chi connectivity index (χ1v) is 5.92. The number of aliphatic hydroxyl groups excluding tert-OH is 1. The van der Waals surface area contributed by atoms with Gasteiger partial charge < -0.3 is 9.67 Å². The van der Waals surface area contributed by atoms with Gasteiger partial charge in [0.2, 0.25) is 0 Å². The summed E-state index contributed by atoms with van der Waals surface area (Å²) >= 11 is 0. The van der Waals surface area contributed by atoms with Gasteiger partial charge in [-0.15, -0.1) is 0 Å². The van der Waals surface area contributed by atoms with E-state index in [-0.39, 0.29) is 0 Å². The quantitative estimate of drug-likeness (QED) is 0.878. The minimum atomic E-state index is -0.475. The maximum Gasteiger partial charge on any atom is 0.112 e. The second kappa shape index (κ2) is 5.10. The van der Waals surface area contributed by atoms with E-state index in [0.29, 0.717) is 6.42 Å². The summed E-state index contributed by atoms with van der Waals surface area (Å²) in [7, 11) is 0. The lowest BCUT2D eigenvalue weighted by Crippen LogP contribution is -2.02. The molecule has 0 saturated heterocycles. The predicted molar refractivity (Wildman–Crippen MR) is 66.0 cm³/mol. The number of hydrogen-bond acceptors (Lipinski definition) is 3. The number of hydrogen-bond donors (Lipinski definition) is 1. The van der Waals surface area contributed by atoms with E-state index in [2.05, 4.69) is 16.9 Å². The van der Waals surface area contributed by atoms with Gasteiger partial charge in [0.05, 0.1) is 23.7 Å². The number of rotatable bonds is 4. The van der Waals surface area contributed by atoms with E-state index in [1.165, 1.54) is 0 Å². The Labute approximate surface area is 101 Å². The third-order valence-corrected chi connectivity index (χ3v) is 2.81. The summed E-state index contributed by atoms with van der Waals surface area (Å²) in [5.74, 6) is 1.01. The first-order valence-electron chi connectivity index (χ1n) is 5.92. The Balaban J connectivity index is 2.29. The standard InChI is InChI=1S/C13H17N3O/c1-3-12(17)11-6-5-10(9-15-11)16-8-7-14-13(16)4-2/h5-9,12,17H,3-4H2,1-2H3/t12-/m1/s1. The van der Waals surface area contributed by atoms with E-state index < -0.39 is 6.10 Å². The van der Waals surface area contributed by atoms with Gasteiger partial charge in [-0.3, -0.25) is 4.98 Å². The van der Waals surface area contributed by atoms with Gasteiger partial charge in [-0.1, -0.05) is 13.8 Å². The fraction of sp³-hybridized carbons (Fsp3) is 0.385. The minimum absolute atomic E-state index is 0.475. The van der Waals surface area contributed by atoms with Crippen LogP contribution in [0, 0.1) is 0 Å². The summed E-state index contributed by atoms with van der Waals surface area (Å²) in [5.41, 5.74) is 1.70. The summed E-state index contributed by atoms with van der Waals surface area (Å²) in [6, 6.07) is 3.82. The molecule has 0 aliphatic rings. The molecule has 0 amide bonds. The summed E-state index contributed by atoms with van der Waals surface area (Å²) < 4.78 is 2.01. The predicted octanol–water partition coefficient (Wildman–Crippen LogP) is 2.27. The van der Waals surface area contributed by atoms with Gasteiger partial charge in [0.1, 0.15) is 5.82 Å². The van der Waals surface area contributed by atoms with Crippen molar-refractivity contribution in [2.45, 2.75) is 32.8 Å².